The van der Waals surface area contributed by atoms with Crippen LogP contribution < -0.4 is 9.80 Å². The highest BCUT2D eigenvalue weighted by Crippen LogP contribution is 2.61. The van der Waals surface area contributed by atoms with Crippen LogP contribution in [-0.2, 0) is 14.4 Å². The first kappa shape index (κ1) is 27.8. The molecule has 3 amide bonds. The van der Waals surface area contributed by atoms with E-state index >= 15 is 0 Å². The second-order valence-electron chi connectivity index (χ2n) is 11.9. The van der Waals surface area contributed by atoms with Crippen molar-refractivity contribution in [2.75, 3.05) is 29.5 Å². The Morgan fingerprint density at radius 1 is 0.951 bits per heavy atom. The summed E-state index contributed by atoms with van der Waals surface area (Å²) < 4.78 is -0.933. The molecular weight excluding hydrogens is 534 g/mol. The number of thioether (sulfide) groups is 1. The highest BCUT2D eigenvalue weighted by molar-refractivity contribution is 8.02. The van der Waals surface area contributed by atoms with Gasteiger partial charge in [-0.1, -0.05) is 68.5 Å². The second kappa shape index (κ2) is 10.5. The zero-order valence-electron chi connectivity index (χ0n) is 23.9. The van der Waals surface area contributed by atoms with Crippen LogP contribution in [0.1, 0.15) is 25.0 Å². The number of hydrogen-bond donors (Lipinski definition) is 1. The number of benzene rings is 2. The fourth-order valence-electron chi connectivity index (χ4n) is 7.12. The maximum atomic E-state index is 14.8. The van der Waals surface area contributed by atoms with Gasteiger partial charge in [-0.3, -0.25) is 14.4 Å². The predicted octanol–water partition coefficient (Wildman–Crippen LogP) is 4.12. The third-order valence-electron chi connectivity index (χ3n) is 9.13. The van der Waals surface area contributed by atoms with E-state index in [0.29, 0.717) is 13.1 Å². The lowest BCUT2D eigenvalue weighted by atomic mass is 9.78. The third-order valence-corrected chi connectivity index (χ3v) is 10.9. The van der Waals surface area contributed by atoms with Crippen molar-refractivity contribution in [2.45, 2.75) is 49.8 Å². The molecule has 1 spiro atoms. The van der Waals surface area contributed by atoms with Gasteiger partial charge in [0.05, 0.1) is 29.2 Å². The monoisotopic (exact) mass is 571 g/mol. The summed E-state index contributed by atoms with van der Waals surface area (Å²) in [5.74, 6) is -1.93. The van der Waals surface area contributed by atoms with Crippen molar-refractivity contribution in [3.05, 3.63) is 84.0 Å². The van der Waals surface area contributed by atoms with Gasteiger partial charge in [-0.25, -0.2) is 0 Å². The van der Waals surface area contributed by atoms with Gasteiger partial charge in [0, 0.05) is 29.7 Å². The number of rotatable bonds is 5. The van der Waals surface area contributed by atoms with E-state index in [1.165, 1.54) is 0 Å². The molecule has 0 saturated carbocycles. The average Bonchev–Trinajstić information content (AvgIpc) is 3.26. The largest absolute Gasteiger partial charge is 0.394 e. The van der Waals surface area contributed by atoms with Crippen molar-refractivity contribution in [1.82, 2.24) is 4.90 Å². The van der Waals surface area contributed by atoms with Gasteiger partial charge in [-0.2, -0.15) is 0 Å². The van der Waals surface area contributed by atoms with Gasteiger partial charge >= 0.3 is 0 Å². The zero-order valence-corrected chi connectivity index (χ0v) is 24.8. The summed E-state index contributed by atoms with van der Waals surface area (Å²) in [5, 5.41) is 10.3. The molecule has 6 rings (SSSR count). The predicted molar refractivity (Wildman–Crippen MR) is 163 cm³/mol. The van der Waals surface area contributed by atoms with Crippen LogP contribution in [0.3, 0.4) is 0 Å². The number of likely N-dealkylation sites (tertiary alicyclic amines) is 1. The molecule has 6 atom stereocenters. The highest BCUT2D eigenvalue weighted by Gasteiger charge is 2.72. The molecule has 1 N–H and O–H groups in total. The van der Waals surface area contributed by atoms with Crippen molar-refractivity contribution in [2.24, 2.45) is 17.8 Å². The van der Waals surface area contributed by atoms with Crippen LogP contribution in [-0.4, -0.2) is 69.5 Å². The smallest absolute Gasteiger partial charge is 0.251 e. The van der Waals surface area contributed by atoms with Gasteiger partial charge in [0.2, 0.25) is 11.8 Å². The van der Waals surface area contributed by atoms with Gasteiger partial charge < -0.3 is 19.8 Å². The van der Waals surface area contributed by atoms with E-state index in [-0.39, 0.29) is 35.5 Å². The number of para-hydroxylation sites is 1. The molecule has 2 fully saturated rings. The zero-order chi connectivity index (χ0) is 29.1. The molecule has 7 nitrogen and oxygen atoms in total. The lowest BCUT2D eigenvalue weighted by Gasteiger charge is -2.40. The number of anilines is 2. The number of aliphatic hydroxyl groups excluding tert-OH is 1. The maximum Gasteiger partial charge on any atom is 0.251 e. The van der Waals surface area contributed by atoms with Gasteiger partial charge in [0.1, 0.15) is 6.04 Å². The van der Waals surface area contributed by atoms with Crippen molar-refractivity contribution < 1.29 is 19.5 Å². The molecule has 2 aromatic rings. The Morgan fingerprint density at radius 3 is 2.39 bits per heavy atom. The Balaban J connectivity index is 1.49. The first-order valence-electron chi connectivity index (χ1n) is 14.4. The lowest BCUT2D eigenvalue weighted by Crippen LogP contribution is -2.57. The summed E-state index contributed by atoms with van der Waals surface area (Å²) in [6.07, 6.45) is 8.09. The number of carbonyl (C=O) groups excluding carboxylic acids is 3. The molecule has 4 heterocycles. The number of hydrogen-bond acceptors (Lipinski definition) is 5. The first-order chi connectivity index (χ1) is 19.7. The van der Waals surface area contributed by atoms with Crippen LogP contribution in [0.25, 0.3) is 0 Å². The Hall–Kier alpha value is -3.36. The molecule has 2 aromatic carbocycles. The Morgan fingerprint density at radius 2 is 1.68 bits per heavy atom. The van der Waals surface area contributed by atoms with Crippen molar-refractivity contribution in [3.8, 4) is 0 Å². The summed E-state index contributed by atoms with van der Waals surface area (Å²) in [4.78, 5) is 48.9. The Bertz CT molecular complexity index is 1440. The SMILES string of the molecule is Cc1ccc(C)c(N2CC=C[C@]34S[C@@H]5C=CCN(c6ccccc6)C(=O)[C@@H]5[C@H]3C(=O)N([C@@H](CO)C(C)C)C4C2=O)c1. The minimum Gasteiger partial charge on any atom is -0.394 e. The van der Waals surface area contributed by atoms with Crippen LogP contribution in [0, 0.1) is 31.6 Å². The van der Waals surface area contributed by atoms with Crippen LogP contribution in [0.15, 0.2) is 72.8 Å². The molecule has 214 valence electrons. The summed E-state index contributed by atoms with van der Waals surface area (Å²) in [7, 11) is 0. The normalized spacial score (nSPS) is 29.9. The minimum atomic E-state index is -0.933. The number of nitrogens with zero attached hydrogens (tertiary/aromatic N) is 3. The highest BCUT2D eigenvalue weighted by atomic mass is 32.2. The fraction of sp³-hybridized carbons (Fsp3) is 0.424. The molecule has 0 bridgehead atoms. The van der Waals surface area contributed by atoms with Crippen molar-refractivity contribution >= 4 is 40.9 Å². The van der Waals surface area contributed by atoms with Gasteiger partial charge in [-0.05, 0) is 49.1 Å². The number of amides is 3. The van der Waals surface area contributed by atoms with E-state index in [0.717, 1.165) is 22.5 Å². The van der Waals surface area contributed by atoms with Gasteiger partial charge in [-0.15, -0.1) is 11.8 Å². The lowest BCUT2D eigenvalue weighted by molar-refractivity contribution is -0.142. The number of fused-ring (bicyclic) bond motifs is 2. The van der Waals surface area contributed by atoms with E-state index in [1.807, 2.05) is 94.5 Å². The molecular formula is C33H37N3O4S. The number of aliphatic hydroxyl groups is 1. The topological polar surface area (TPSA) is 81.2 Å². The quantitative estimate of drug-likeness (QED) is 0.546. The van der Waals surface area contributed by atoms with Gasteiger partial charge in [0.25, 0.3) is 5.91 Å². The average molecular weight is 572 g/mol. The number of carbonyl (C=O) groups is 3. The first-order valence-corrected chi connectivity index (χ1v) is 15.3. The van der Waals surface area contributed by atoms with Crippen molar-refractivity contribution in [1.29, 1.82) is 0 Å². The molecule has 4 aliphatic heterocycles. The summed E-state index contributed by atoms with van der Waals surface area (Å²) in [5.41, 5.74) is 3.63. The summed E-state index contributed by atoms with van der Waals surface area (Å²) in [6, 6.07) is 14.2. The Labute approximate surface area is 245 Å². The van der Waals surface area contributed by atoms with E-state index < -0.39 is 28.7 Å². The number of aryl methyl sites for hydroxylation is 2. The van der Waals surface area contributed by atoms with Crippen LogP contribution >= 0.6 is 11.8 Å². The van der Waals surface area contributed by atoms with Crippen molar-refractivity contribution in [3.63, 3.8) is 0 Å². The fourth-order valence-corrected chi connectivity index (χ4v) is 9.11. The Kier molecular flexibility index (Phi) is 7.10. The molecule has 8 heteroatoms. The molecule has 41 heavy (non-hydrogen) atoms. The van der Waals surface area contributed by atoms with E-state index in [1.54, 1.807) is 26.5 Å². The molecule has 0 radical (unpaired) electrons. The van der Waals surface area contributed by atoms with Crippen LogP contribution in [0.4, 0.5) is 11.4 Å². The van der Waals surface area contributed by atoms with E-state index in [4.69, 9.17) is 0 Å². The van der Waals surface area contributed by atoms with Crippen LogP contribution in [0.5, 0.6) is 0 Å². The summed E-state index contributed by atoms with van der Waals surface area (Å²) in [6.45, 7) is 8.45. The minimum absolute atomic E-state index is 0.0830. The second-order valence-corrected chi connectivity index (χ2v) is 13.4. The standard InChI is InChI=1S/C33H37N3O4S/c1-20(2)25(19-37)36-29-32(40)35(24-18-21(3)13-14-22(24)4)17-9-15-33(29)28(31(36)39)27-26(41-33)12-8-16-34(30(27)38)23-10-6-5-7-11-23/h5-15,18,20,25-29,37H,16-17,19H2,1-4H3/t25-,26+,27-,28-,29?,33-/m0/s1. The van der Waals surface area contributed by atoms with Gasteiger partial charge in [0.15, 0.2) is 0 Å². The van der Waals surface area contributed by atoms with Crippen LogP contribution in [0.2, 0.25) is 0 Å². The van der Waals surface area contributed by atoms with E-state index in [9.17, 15) is 19.5 Å². The molecule has 1 unspecified atom stereocenters. The molecule has 4 aliphatic rings. The molecule has 2 saturated heterocycles. The van der Waals surface area contributed by atoms with E-state index in [2.05, 4.69) is 6.08 Å². The summed E-state index contributed by atoms with van der Waals surface area (Å²) >= 11 is 1.57. The maximum absolute atomic E-state index is 14.8. The molecule has 0 aromatic heterocycles. The molecule has 0 aliphatic carbocycles. The third kappa shape index (κ3) is 4.26.